The fourth-order valence-electron chi connectivity index (χ4n) is 0. The summed E-state index contributed by atoms with van der Waals surface area (Å²) in [7, 11) is -4.61. The average molecular weight is 170 g/mol. The van der Waals surface area contributed by atoms with Crippen LogP contribution in [0.25, 0.3) is 0 Å². The Balaban J connectivity index is 0. The smallest absolute Gasteiger partial charge is 0.396 e. The standard InChI is InChI=1S/C4H10O.H4O4Si/c1-4(2)3-5;1-5(2,3)4/h4-5H,3H2,1-2H3;1-4H. The van der Waals surface area contributed by atoms with E-state index in [1.807, 2.05) is 13.8 Å². The summed E-state index contributed by atoms with van der Waals surface area (Å²) in [6.45, 7) is 4.25. The lowest BCUT2D eigenvalue weighted by molar-refractivity contribution is 0.117. The van der Waals surface area contributed by atoms with Crippen molar-refractivity contribution in [1.82, 2.24) is 0 Å². The van der Waals surface area contributed by atoms with Crippen LogP contribution in [0.2, 0.25) is 0 Å². The van der Waals surface area contributed by atoms with Crippen molar-refractivity contribution in [3.8, 4) is 0 Å². The molecule has 64 valence electrons. The Morgan fingerprint density at radius 3 is 1.20 bits per heavy atom. The number of aliphatic hydroxyl groups is 1. The molecule has 0 amide bonds. The van der Waals surface area contributed by atoms with Crippen molar-refractivity contribution in [3.05, 3.63) is 0 Å². The predicted molar refractivity (Wildman–Crippen MR) is 36.6 cm³/mol. The van der Waals surface area contributed by atoms with Crippen molar-refractivity contribution >= 4 is 9.05 Å². The Bertz CT molecular complexity index is 62.5. The van der Waals surface area contributed by atoms with Gasteiger partial charge in [0.05, 0.1) is 0 Å². The number of aliphatic hydroxyl groups excluding tert-OH is 1. The minimum Gasteiger partial charge on any atom is -0.396 e. The summed E-state index contributed by atoms with van der Waals surface area (Å²) < 4.78 is 0. The van der Waals surface area contributed by atoms with Crippen LogP contribution in [0.5, 0.6) is 0 Å². The van der Waals surface area contributed by atoms with Crippen LogP contribution in [0.4, 0.5) is 0 Å². The predicted octanol–water partition coefficient (Wildman–Crippen LogP) is -1.97. The normalized spacial score (nSPS) is 10.8. The molecule has 10 heavy (non-hydrogen) atoms. The molecule has 0 fully saturated rings. The first-order valence-corrected chi connectivity index (χ1v) is 4.56. The van der Waals surface area contributed by atoms with Crippen molar-refractivity contribution in [2.45, 2.75) is 13.8 Å². The summed E-state index contributed by atoms with van der Waals surface area (Å²) in [6, 6.07) is 0. The topological polar surface area (TPSA) is 101 Å². The third-order valence-electron chi connectivity index (χ3n) is 0.365. The number of rotatable bonds is 1. The van der Waals surface area contributed by atoms with E-state index in [1.165, 1.54) is 0 Å². The highest BCUT2D eigenvalue weighted by atomic mass is 28.4. The molecule has 0 aliphatic carbocycles. The molecule has 5 N–H and O–H groups in total. The molecule has 0 spiro atoms. The van der Waals surface area contributed by atoms with Crippen molar-refractivity contribution in [2.75, 3.05) is 6.61 Å². The zero-order valence-corrected chi connectivity index (χ0v) is 7.02. The largest absolute Gasteiger partial charge is 0.668 e. The van der Waals surface area contributed by atoms with E-state index >= 15 is 0 Å². The molecule has 0 aliphatic heterocycles. The molecule has 0 heterocycles. The van der Waals surface area contributed by atoms with Gasteiger partial charge >= 0.3 is 9.05 Å². The Kier molecular flexibility index (Phi) is 7.32. The molecule has 0 saturated heterocycles. The third kappa shape index (κ3) is 97.0. The number of hydrogen-bond donors (Lipinski definition) is 5. The summed E-state index contributed by atoms with van der Waals surface area (Å²) in [6.07, 6.45) is 0. The lowest BCUT2D eigenvalue weighted by Gasteiger charge is -1.91. The second-order valence-electron chi connectivity index (χ2n) is 2.18. The van der Waals surface area contributed by atoms with Crippen LogP contribution in [0.3, 0.4) is 0 Å². The Hall–Kier alpha value is 0.0169. The highest BCUT2D eigenvalue weighted by Gasteiger charge is 2.22. The molecule has 5 nitrogen and oxygen atoms in total. The van der Waals surface area contributed by atoms with Gasteiger partial charge in [0.15, 0.2) is 0 Å². The van der Waals surface area contributed by atoms with E-state index in [4.69, 9.17) is 24.3 Å². The monoisotopic (exact) mass is 170 g/mol. The maximum Gasteiger partial charge on any atom is 0.668 e. The molecule has 0 aromatic carbocycles. The van der Waals surface area contributed by atoms with Crippen LogP contribution in [0.1, 0.15) is 13.8 Å². The molecular weight excluding hydrogens is 156 g/mol. The fourth-order valence-corrected chi connectivity index (χ4v) is 0. The highest BCUT2D eigenvalue weighted by Crippen LogP contribution is 1.83. The summed E-state index contributed by atoms with van der Waals surface area (Å²) in [5.74, 6) is 0.440. The second kappa shape index (κ2) is 5.78. The fraction of sp³-hybridized carbons (Fsp3) is 1.00. The Labute approximate surface area is 60.7 Å². The SMILES string of the molecule is CC(C)CO.O[Si](O)(O)O. The van der Waals surface area contributed by atoms with E-state index in [1.54, 1.807) is 0 Å². The van der Waals surface area contributed by atoms with Crippen LogP contribution in [0, 0.1) is 5.92 Å². The molecule has 0 bridgehead atoms. The van der Waals surface area contributed by atoms with Gasteiger partial charge in [-0.1, -0.05) is 13.8 Å². The first-order valence-electron chi connectivity index (χ1n) is 2.77. The van der Waals surface area contributed by atoms with E-state index in [2.05, 4.69) is 0 Å². The van der Waals surface area contributed by atoms with Gasteiger partial charge < -0.3 is 24.3 Å². The van der Waals surface area contributed by atoms with Crippen LogP contribution in [-0.2, 0) is 0 Å². The second-order valence-corrected chi connectivity index (χ2v) is 3.38. The molecule has 0 rings (SSSR count). The van der Waals surface area contributed by atoms with Gasteiger partial charge in [0.25, 0.3) is 0 Å². The van der Waals surface area contributed by atoms with Gasteiger partial charge in [-0.3, -0.25) is 0 Å². The van der Waals surface area contributed by atoms with E-state index in [0.29, 0.717) is 12.5 Å². The zero-order chi connectivity index (χ0) is 8.78. The minimum atomic E-state index is -4.61. The minimum absolute atomic E-state index is 0.306. The van der Waals surface area contributed by atoms with E-state index < -0.39 is 9.05 Å². The van der Waals surface area contributed by atoms with Crippen LogP contribution < -0.4 is 0 Å². The quantitative estimate of drug-likeness (QED) is 0.294. The lowest BCUT2D eigenvalue weighted by atomic mass is 10.2. The van der Waals surface area contributed by atoms with Gasteiger partial charge in [0.2, 0.25) is 0 Å². The third-order valence-corrected chi connectivity index (χ3v) is 0.365. The van der Waals surface area contributed by atoms with E-state index in [0.717, 1.165) is 0 Å². The lowest BCUT2D eigenvalue weighted by Crippen LogP contribution is -2.33. The van der Waals surface area contributed by atoms with Crippen molar-refractivity contribution in [1.29, 1.82) is 0 Å². The molecule has 0 aliphatic rings. The maximum atomic E-state index is 8.14. The molecule has 6 heteroatoms. The Morgan fingerprint density at radius 2 is 1.20 bits per heavy atom. The van der Waals surface area contributed by atoms with Crippen LogP contribution in [0.15, 0.2) is 0 Å². The summed E-state index contributed by atoms with van der Waals surface area (Å²) in [4.78, 5) is 29.3. The van der Waals surface area contributed by atoms with Gasteiger partial charge in [0.1, 0.15) is 0 Å². The molecule has 0 unspecified atom stereocenters. The first-order chi connectivity index (χ1) is 4.27. The van der Waals surface area contributed by atoms with E-state index in [-0.39, 0.29) is 0 Å². The average Bonchev–Trinajstić information content (AvgIpc) is 1.61. The zero-order valence-electron chi connectivity index (χ0n) is 6.02. The molecule has 0 saturated carbocycles. The van der Waals surface area contributed by atoms with Gasteiger partial charge in [0, 0.05) is 6.61 Å². The highest BCUT2D eigenvalue weighted by molar-refractivity contribution is 6.46. The Morgan fingerprint density at radius 1 is 1.10 bits per heavy atom. The van der Waals surface area contributed by atoms with Crippen molar-refractivity contribution in [2.24, 2.45) is 5.92 Å². The van der Waals surface area contributed by atoms with E-state index in [9.17, 15) is 0 Å². The molecule has 0 atom stereocenters. The van der Waals surface area contributed by atoms with Gasteiger partial charge in [-0.25, -0.2) is 0 Å². The van der Waals surface area contributed by atoms with Crippen LogP contribution >= 0.6 is 0 Å². The van der Waals surface area contributed by atoms with Gasteiger partial charge in [-0.15, -0.1) is 0 Å². The molecule has 0 radical (unpaired) electrons. The first kappa shape index (κ1) is 12.7. The van der Waals surface area contributed by atoms with Crippen molar-refractivity contribution < 1.29 is 24.3 Å². The van der Waals surface area contributed by atoms with Gasteiger partial charge in [-0.05, 0) is 5.92 Å². The van der Waals surface area contributed by atoms with Crippen LogP contribution in [-0.4, -0.2) is 39.9 Å². The number of hydrogen-bond acceptors (Lipinski definition) is 5. The van der Waals surface area contributed by atoms with Gasteiger partial charge in [-0.2, -0.15) is 0 Å². The molecule has 0 aromatic rings. The van der Waals surface area contributed by atoms with Crippen molar-refractivity contribution in [3.63, 3.8) is 0 Å². The molecular formula is C4H14O5Si. The summed E-state index contributed by atoms with van der Waals surface area (Å²) in [5.41, 5.74) is 0. The molecule has 0 aromatic heterocycles. The maximum absolute atomic E-state index is 8.14. The summed E-state index contributed by atoms with van der Waals surface area (Å²) >= 11 is 0. The summed E-state index contributed by atoms with van der Waals surface area (Å²) in [5, 5.41) is 8.14.